The van der Waals surface area contributed by atoms with Crippen LogP contribution in [0.15, 0.2) is 12.1 Å². The molecule has 2 nitrogen and oxygen atoms in total. The van der Waals surface area contributed by atoms with Crippen molar-refractivity contribution in [2.24, 2.45) is 0 Å². The monoisotopic (exact) mass is 193 g/mol. The molecule has 0 aromatic heterocycles. The van der Waals surface area contributed by atoms with Gasteiger partial charge in [0, 0.05) is 0 Å². The molecule has 66 valence electrons. The first-order valence-electron chi connectivity index (χ1n) is 4.15. The maximum Gasteiger partial charge on any atom is 0.137 e. The van der Waals surface area contributed by atoms with Crippen molar-refractivity contribution in [2.45, 2.75) is 18.8 Å². The molecule has 1 saturated carbocycles. The van der Waals surface area contributed by atoms with Gasteiger partial charge in [0.25, 0.3) is 0 Å². The van der Waals surface area contributed by atoms with E-state index >= 15 is 0 Å². The normalized spacial score (nSPS) is 15.4. The van der Waals surface area contributed by atoms with Crippen LogP contribution in [0.5, 0.6) is 5.75 Å². The summed E-state index contributed by atoms with van der Waals surface area (Å²) in [4.78, 5) is 0. The summed E-state index contributed by atoms with van der Waals surface area (Å²) >= 11 is 5.77. The van der Waals surface area contributed by atoms with Crippen LogP contribution in [0.1, 0.15) is 29.9 Å². The van der Waals surface area contributed by atoms with E-state index in [1.165, 1.54) is 6.07 Å². The SMILES string of the molecule is N#Cc1cc(Cl)c(O)c(C2CC2)c1. The van der Waals surface area contributed by atoms with Gasteiger partial charge in [0.05, 0.1) is 16.7 Å². The van der Waals surface area contributed by atoms with E-state index in [9.17, 15) is 5.11 Å². The van der Waals surface area contributed by atoms with Crippen LogP contribution in [0, 0.1) is 11.3 Å². The zero-order chi connectivity index (χ0) is 9.42. The smallest absolute Gasteiger partial charge is 0.137 e. The summed E-state index contributed by atoms with van der Waals surface area (Å²) in [5.74, 6) is 0.550. The Morgan fingerprint density at radius 3 is 2.69 bits per heavy atom. The molecule has 0 spiro atoms. The van der Waals surface area contributed by atoms with E-state index in [2.05, 4.69) is 0 Å². The highest BCUT2D eigenvalue weighted by Crippen LogP contribution is 2.46. The lowest BCUT2D eigenvalue weighted by molar-refractivity contribution is 0.468. The maximum absolute atomic E-state index is 9.59. The fourth-order valence-electron chi connectivity index (χ4n) is 1.39. The van der Waals surface area contributed by atoms with Gasteiger partial charge in [0.1, 0.15) is 5.75 Å². The van der Waals surface area contributed by atoms with Crippen molar-refractivity contribution in [1.29, 1.82) is 5.26 Å². The molecule has 13 heavy (non-hydrogen) atoms. The van der Waals surface area contributed by atoms with Crippen molar-refractivity contribution in [3.63, 3.8) is 0 Å². The average Bonchev–Trinajstić information content (AvgIpc) is 2.92. The summed E-state index contributed by atoms with van der Waals surface area (Å²) in [6.07, 6.45) is 2.16. The van der Waals surface area contributed by atoms with Crippen molar-refractivity contribution < 1.29 is 5.11 Å². The number of benzene rings is 1. The Bertz CT molecular complexity index is 391. The van der Waals surface area contributed by atoms with Gasteiger partial charge >= 0.3 is 0 Å². The van der Waals surface area contributed by atoms with Gasteiger partial charge in [-0.1, -0.05) is 11.6 Å². The summed E-state index contributed by atoms with van der Waals surface area (Å²) in [7, 11) is 0. The molecule has 3 heteroatoms. The van der Waals surface area contributed by atoms with Crippen LogP contribution in [-0.2, 0) is 0 Å². The first-order valence-corrected chi connectivity index (χ1v) is 4.52. The zero-order valence-electron chi connectivity index (χ0n) is 6.92. The molecule has 0 unspecified atom stereocenters. The topological polar surface area (TPSA) is 44.0 Å². The zero-order valence-corrected chi connectivity index (χ0v) is 7.67. The largest absolute Gasteiger partial charge is 0.506 e. The second-order valence-corrected chi connectivity index (χ2v) is 3.69. The number of nitrogens with zero attached hydrogens (tertiary/aromatic N) is 1. The molecular weight excluding hydrogens is 186 g/mol. The number of phenols is 1. The molecule has 1 aromatic carbocycles. The molecule has 1 fully saturated rings. The summed E-state index contributed by atoms with van der Waals surface area (Å²) in [5.41, 5.74) is 1.34. The highest BCUT2D eigenvalue weighted by atomic mass is 35.5. The number of aromatic hydroxyl groups is 1. The highest BCUT2D eigenvalue weighted by Gasteiger charge is 2.27. The molecule has 1 aliphatic carbocycles. The van der Waals surface area contributed by atoms with E-state index in [0.29, 0.717) is 11.5 Å². The molecule has 0 saturated heterocycles. The van der Waals surface area contributed by atoms with Gasteiger partial charge in [0.2, 0.25) is 0 Å². The average molecular weight is 194 g/mol. The minimum atomic E-state index is 0.142. The van der Waals surface area contributed by atoms with Gasteiger partial charge in [-0.3, -0.25) is 0 Å². The first-order chi connectivity index (χ1) is 6.22. The molecule has 1 N–H and O–H groups in total. The summed E-state index contributed by atoms with van der Waals surface area (Å²) < 4.78 is 0. The fourth-order valence-corrected chi connectivity index (χ4v) is 1.62. The van der Waals surface area contributed by atoms with E-state index in [1.54, 1.807) is 6.07 Å². The second kappa shape index (κ2) is 2.93. The Kier molecular flexibility index (Phi) is 1.90. The number of hydrogen-bond acceptors (Lipinski definition) is 2. The van der Waals surface area contributed by atoms with Gasteiger partial charge in [-0.15, -0.1) is 0 Å². The van der Waals surface area contributed by atoms with Crippen LogP contribution >= 0.6 is 11.6 Å². The number of phenolic OH excluding ortho intramolecular Hbond substituents is 1. The fraction of sp³-hybridized carbons (Fsp3) is 0.300. The molecule has 0 heterocycles. The molecular formula is C10H8ClNO. The summed E-state index contributed by atoms with van der Waals surface area (Å²) in [6.45, 7) is 0. The van der Waals surface area contributed by atoms with Gasteiger partial charge in [-0.2, -0.15) is 5.26 Å². The van der Waals surface area contributed by atoms with Crippen LogP contribution in [0.3, 0.4) is 0 Å². The van der Waals surface area contributed by atoms with Gasteiger partial charge in [0.15, 0.2) is 0 Å². The van der Waals surface area contributed by atoms with E-state index < -0.39 is 0 Å². The first kappa shape index (κ1) is 8.40. The van der Waals surface area contributed by atoms with E-state index in [4.69, 9.17) is 16.9 Å². The van der Waals surface area contributed by atoms with Crippen LogP contribution < -0.4 is 0 Å². The Hall–Kier alpha value is -1.20. The molecule has 1 aliphatic rings. The Morgan fingerprint density at radius 1 is 1.46 bits per heavy atom. The molecule has 0 amide bonds. The van der Waals surface area contributed by atoms with E-state index in [-0.39, 0.29) is 10.8 Å². The minimum absolute atomic E-state index is 0.142. The predicted molar refractivity (Wildman–Crippen MR) is 49.8 cm³/mol. The standard InChI is InChI=1S/C10H8ClNO/c11-9-4-6(5-12)3-8(10(9)13)7-1-2-7/h3-4,7,13H,1-2H2. The van der Waals surface area contributed by atoms with Crippen molar-refractivity contribution in [3.8, 4) is 11.8 Å². The maximum atomic E-state index is 9.59. The molecule has 1 aromatic rings. The summed E-state index contributed by atoms with van der Waals surface area (Å²) in [6, 6.07) is 5.23. The number of rotatable bonds is 1. The number of nitriles is 1. The molecule has 0 bridgehead atoms. The van der Waals surface area contributed by atoms with E-state index in [1.807, 2.05) is 6.07 Å². The lowest BCUT2D eigenvalue weighted by Gasteiger charge is -2.04. The quantitative estimate of drug-likeness (QED) is 0.746. The van der Waals surface area contributed by atoms with E-state index in [0.717, 1.165) is 18.4 Å². The summed E-state index contributed by atoms with van der Waals surface area (Å²) in [5, 5.41) is 18.6. The Labute approximate surface area is 81.4 Å². The van der Waals surface area contributed by atoms with Gasteiger partial charge in [-0.05, 0) is 36.5 Å². The van der Waals surface area contributed by atoms with Crippen LogP contribution in [0.4, 0.5) is 0 Å². The molecule has 2 rings (SSSR count). The Balaban J connectivity index is 2.54. The van der Waals surface area contributed by atoms with Crippen LogP contribution in [0.25, 0.3) is 0 Å². The minimum Gasteiger partial charge on any atom is -0.506 e. The van der Waals surface area contributed by atoms with Crippen molar-refractivity contribution in [1.82, 2.24) is 0 Å². The molecule has 0 atom stereocenters. The van der Waals surface area contributed by atoms with Crippen molar-refractivity contribution in [3.05, 3.63) is 28.3 Å². The third kappa shape index (κ3) is 1.48. The number of hydrogen-bond donors (Lipinski definition) is 1. The molecule has 0 aliphatic heterocycles. The van der Waals surface area contributed by atoms with Crippen LogP contribution in [0.2, 0.25) is 5.02 Å². The van der Waals surface area contributed by atoms with Crippen molar-refractivity contribution >= 4 is 11.6 Å². The molecule has 0 radical (unpaired) electrons. The predicted octanol–water partition coefficient (Wildman–Crippen LogP) is 2.79. The highest BCUT2D eigenvalue weighted by molar-refractivity contribution is 6.32. The number of halogens is 1. The third-order valence-electron chi connectivity index (χ3n) is 2.24. The van der Waals surface area contributed by atoms with Crippen LogP contribution in [-0.4, -0.2) is 5.11 Å². The second-order valence-electron chi connectivity index (χ2n) is 3.28. The third-order valence-corrected chi connectivity index (χ3v) is 2.53. The Morgan fingerprint density at radius 2 is 2.15 bits per heavy atom. The lowest BCUT2D eigenvalue weighted by Crippen LogP contribution is -1.85. The van der Waals surface area contributed by atoms with Crippen molar-refractivity contribution in [2.75, 3.05) is 0 Å². The lowest BCUT2D eigenvalue weighted by atomic mass is 10.1. The van der Waals surface area contributed by atoms with Gasteiger partial charge in [-0.25, -0.2) is 0 Å². The van der Waals surface area contributed by atoms with Gasteiger partial charge < -0.3 is 5.11 Å².